The van der Waals surface area contributed by atoms with Crippen molar-refractivity contribution in [2.75, 3.05) is 38.1 Å². The lowest BCUT2D eigenvalue weighted by Gasteiger charge is -2.37. The second kappa shape index (κ2) is 7.46. The molecule has 2 heterocycles. The third-order valence-electron chi connectivity index (χ3n) is 3.98. The topological polar surface area (TPSA) is 30.9 Å². The van der Waals surface area contributed by atoms with Crippen molar-refractivity contribution in [1.82, 2.24) is 10.2 Å². The number of para-hydroxylation sites is 1. The Labute approximate surface area is 140 Å². The van der Waals surface area contributed by atoms with Gasteiger partial charge in [0.1, 0.15) is 5.82 Å². The summed E-state index contributed by atoms with van der Waals surface area (Å²) in [6.45, 7) is 4.04. The monoisotopic (exact) mass is 332 g/mol. The SMILES string of the molecule is CN=C(NCc1cccs1)N1CCN(c2ccccc2F)CC1. The number of nitrogens with one attached hydrogen (secondary N) is 1. The minimum absolute atomic E-state index is 0.152. The van der Waals surface area contributed by atoms with Crippen LogP contribution in [0, 0.1) is 5.82 Å². The normalized spacial score (nSPS) is 15.8. The van der Waals surface area contributed by atoms with Gasteiger partial charge in [0.25, 0.3) is 0 Å². The van der Waals surface area contributed by atoms with Gasteiger partial charge in [0.2, 0.25) is 0 Å². The molecule has 122 valence electrons. The Bertz CT molecular complexity index is 648. The van der Waals surface area contributed by atoms with E-state index >= 15 is 0 Å². The first-order valence-electron chi connectivity index (χ1n) is 7.75. The van der Waals surface area contributed by atoms with E-state index in [4.69, 9.17) is 0 Å². The van der Waals surface area contributed by atoms with E-state index in [-0.39, 0.29) is 5.82 Å². The first-order valence-corrected chi connectivity index (χ1v) is 8.63. The highest BCUT2D eigenvalue weighted by Gasteiger charge is 2.21. The molecule has 1 aromatic carbocycles. The summed E-state index contributed by atoms with van der Waals surface area (Å²) >= 11 is 1.74. The molecule has 0 unspecified atom stereocenters. The number of hydrogen-bond donors (Lipinski definition) is 1. The molecule has 23 heavy (non-hydrogen) atoms. The van der Waals surface area contributed by atoms with Crippen molar-refractivity contribution in [2.24, 2.45) is 4.99 Å². The van der Waals surface area contributed by atoms with Crippen molar-refractivity contribution in [3.8, 4) is 0 Å². The molecule has 1 saturated heterocycles. The Balaban J connectivity index is 1.56. The number of aliphatic imine (C=N–C) groups is 1. The summed E-state index contributed by atoms with van der Waals surface area (Å²) in [5.74, 6) is 0.757. The fourth-order valence-electron chi connectivity index (χ4n) is 2.78. The zero-order valence-electron chi connectivity index (χ0n) is 13.2. The highest BCUT2D eigenvalue weighted by molar-refractivity contribution is 7.09. The molecule has 2 aromatic rings. The fourth-order valence-corrected chi connectivity index (χ4v) is 3.42. The number of anilines is 1. The van der Waals surface area contributed by atoms with Crippen LogP contribution in [0.3, 0.4) is 0 Å². The first kappa shape index (κ1) is 15.8. The first-order chi connectivity index (χ1) is 11.3. The summed E-state index contributed by atoms with van der Waals surface area (Å²) in [6, 6.07) is 11.1. The van der Waals surface area contributed by atoms with Crippen molar-refractivity contribution in [3.05, 3.63) is 52.5 Å². The average Bonchev–Trinajstić information content (AvgIpc) is 3.10. The van der Waals surface area contributed by atoms with Crippen LogP contribution in [0.2, 0.25) is 0 Å². The number of nitrogens with zero attached hydrogens (tertiary/aromatic N) is 3. The maximum atomic E-state index is 13.9. The number of thiophene rings is 1. The van der Waals surface area contributed by atoms with E-state index in [1.54, 1.807) is 24.5 Å². The number of rotatable bonds is 3. The van der Waals surface area contributed by atoms with Gasteiger partial charge in [0, 0.05) is 38.1 Å². The summed E-state index contributed by atoms with van der Waals surface area (Å²) in [4.78, 5) is 9.98. The minimum atomic E-state index is -0.152. The summed E-state index contributed by atoms with van der Waals surface area (Å²) in [7, 11) is 1.81. The van der Waals surface area contributed by atoms with Crippen LogP contribution in [0.1, 0.15) is 4.88 Å². The van der Waals surface area contributed by atoms with Gasteiger partial charge in [0.05, 0.1) is 12.2 Å². The van der Waals surface area contributed by atoms with Crippen LogP contribution in [0.25, 0.3) is 0 Å². The second-order valence-electron chi connectivity index (χ2n) is 5.41. The molecule has 0 bridgehead atoms. The van der Waals surface area contributed by atoms with Crippen LogP contribution in [0.5, 0.6) is 0 Å². The van der Waals surface area contributed by atoms with Crippen molar-refractivity contribution in [3.63, 3.8) is 0 Å². The number of piperazine rings is 1. The Hall–Kier alpha value is -2.08. The molecule has 1 aliphatic rings. The predicted molar refractivity (Wildman–Crippen MR) is 94.7 cm³/mol. The molecule has 3 rings (SSSR count). The van der Waals surface area contributed by atoms with Crippen LogP contribution in [-0.2, 0) is 6.54 Å². The molecule has 0 aliphatic carbocycles. The largest absolute Gasteiger partial charge is 0.366 e. The van der Waals surface area contributed by atoms with Crippen molar-refractivity contribution < 1.29 is 4.39 Å². The molecule has 1 aliphatic heterocycles. The second-order valence-corrected chi connectivity index (χ2v) is 6.44. The van der Waals surface area contributed by atoms with Crippen LogP contribution >= 0.6 is 11.3 Å². The summed E-state index contributed by atoms with van der Waals surface area (Å²) in [5.41, 5.74) is 0.689. The van der Waals surface area contributed by atoms with Crippen molar-refractivity contribution in [1.29, 1.82) is 0 Å². The van der Waals surface area contributed by atoms with Crippen molar-refractivity contribution >= 4 is 23.0 Å². The van der Waals surface area contributed by atoms with Gasteiger partial charge in [-0.1, -0.05) is 18.2 Å². The molecule has 4 nitrogen and oxygen atoms in total. The van der Waals surface area contributed by atoms with Crippen LogP contribution < -0.4 is 10.2 Å². The van der Waals surface area contributed by atoms with Crippen molar-refractivity contribution in [2.45, 2.75) is 6.54 Å². The lowest BCUT2D eigenvalue weighted by Crippen LogP contribution is -2.52. The van der Waals surface area contributed by atoms with E-state index in [0.29, 0.717) is 5.69 Å². The number of halogens is 1. The van der Waals surface area contributed by atoms with Crippen LogP contribution in [-0.4, -0.2) is 44.1 Å². The lowest BCUT2D eigenvalue weighted by atomic mass is 10.2. The Morgan fingerprint density at radius 1 is 1.17 bits per heavy atom. The van der Waals surface area contributed by atoms with Gasteiger partial charge in [-0.2, -0.15) is 0 Å². The average molecular weight is 332 g/mol. The zero-order chi connectivity index (χ0) is 16.1. The molecule has 0 amide bonds. The summed E-state index contributed by atoms with van der Waals surface area (Å²) < 4.78 is 13.9. The number of guanidine groups is 1. The van der Waals surface area contributed by atoms with E-state index in [0.717, 1.165) is 38.7 Å². The molecular formula is C17H21FN4S. The number of hydrogen-bond acceptors (Lipinski definition) is 3. The maximum absolute atomic E-state index is 13.9. The van der Waals surface area contributed by atoms with Gasteiger partial charge in [-0.3, -0.25) is 4.99 Å². The smallest absolute Gasteiger partial charge is 0.194 e. The molecule has 0 atom stereocenters. The maximum Gasteiger partial charge on any atom is 0.194 e. The lowest BCUT2D eigenvalue weighted by molar-refractivity contribution is 0.371. The Kier molecular flexibility index (Phi) is 5.12. The highest BCUT2D eigenvalue weighted by Crippen LogP contribution is 2.20. The summed E-state index contributed by atoms with van der Waals surface area (Å²) in [5, 5.41) is 5.48. The number of benzene rings is 1. The summed E-state index contributed by atoms with van der Waals surface area (Å²) in [6.07, 6.45) is 0. The highest BCUT2D eigenvalue weighted by atomic mass is 32.1. The molecule has 0 radical (unpaired) electrons. The van der Waals surface area contributed by atoms with E-state index in [1.165, 1.54) is 10.9 Å². The van der Waals surface area contributed by atoms with E-state index in [1.807, 2.05) is 12.1 Å². The van der Waals surface area contributed by atoms with Gasteiger partial charge < -0.3 is 15.1 Å². The molecule has 0 saturated carbocycles. The van der Waals surface area contributed by atoms with Gasteiger partial charge >= 0.3 is 0 Å². The fraction of sp³-hybridized carbons (Fsp3) is 0.353. The minimum Gasteiger partial charge on any atom is -0.366 e. The van der Waals surface area contributed by atoms with Gasteiger partial charge in [-0.05, 0) is 23.6 Å². The van der Waals surface area contributed by atoms with E-state index in [2.05, 4.69) is 37.6 Å². The predicted octanol–water partition coefficient (Wildman–Crippen LogP) is 2.78. The molecule has 6 heteroatoms. The quantitative estimate of drug-likeness (QED) is 0.693. The van der Waals surface area contributed by atoms with Gasteiger partial charge in [0.15, 0.2) is 5.96 Å². The Morgan fingerprint density at radius 3 is 2.61 bits per heavy atom. The molecule has 1 fully saturated rings. The third-order valence-corrected chi connectivity index (χ3v) is 4.86. The molecular weight excluding hydrogens is 311 g/mol. The van der Waals surface area contributed by atoms with Gasteiger partial charge in [-0.25, -0.2) is 4.39 Å². The third kappa shape index (κ3) is 3.82. The Morgan fingerprint density at radius 2 is 1.96 bits per heavy atom. The van der Waals surface area contributed by atoms with Crippen LogP contribution in [0.15, 0.2) is 46.8 Å². The zero-order valence-corrected chi connectivity index (χ0v) is 14.0. The standard InChI is InChI=1S/C17H21FN4S/c1-19-17(20-13-14-5-4-12-23-14)22-10-8-21(9-11-22)16-7-3-2-6-15(16)18/h2-7,12H,8-11,13H2,1H3,(H,19,20). The van der Waals surface area contributed by atoms with E-state index < -0.39 is 0 Å². The van der Waals surface area contributed by atoms with E-state index in [9.17, 15) is 4.39 Å². The van der Waals surface area contributed by atoms with Crippen LogP contribution in [0.4, 0.5) is 10.1 Å². The molecule has 1 aromatic heterocycles. The molecule has 0 spiro atoms. The van der Waals surface area contributed by atoms with Gasteiger partial charge in [-0.15, -0.1) is 11.3 Å². The molecule has 1 N–H and O–H groups in total.